The highest BCUT2D eigenvalue weighted by Gasteiger charge is 2.34. The predicted octanol–water partition coefficient (Wildman–Crippen LogP) is 3.79. The lowest BCUT2D eigenvalue weighted by Gasteiger charge is -2.29. The molecule has 4 nitrogen and oxygen atoms in total. The van der Waals surface area contributed by atoms with E-state index in [2.05, 4.69) is 5.32 Å². The Labute approximate surface area is 156 Å². The predicted molar refractivity (Wildman–Crippen MR) is 104 cm³/mol. The second-order valence-corrected chi connectivity index (χ2v) is 6.62. The van der Waals surface area contributed by atoms with Crippen LogP contribution in [0.1, 0.15) is 16.7 Å². The van der Waals surface area contributed by atoms with Crippen molar-refractivity contribution in [1.29, 1.82) is 0 Å². The second-order valence-electron chi connectivity index (χ2n) is 5.79. The average molecular weight is 371 g/mol. The molecule has 1 fully saturated rings. The van der Waals surface area contributed by atoms with E-state index in [9.17, 15) is 9.59 Å². The second kappa shape index (κ2) is 6.78. The van der Waals surface area contributed by atoms with E-state index in [0.717, 1.165) is 16.7 Å². The van der Waals surface area contributed by atoms with Gasteiger partial charge in [-0.1, -0.05) is 35.4 Å². The fourth-order valence-electron chi connectivity index (χ4n) is 2.55. The van der Waals surface area contributed by atoms with E-state index in [-0.39, 0.29) is 10.7 Å². The van der Waals surface area contributed by atoms with Crippen LogP contribution in [0.25, 0.3) is 6.08 Å². The Morgan fingerprint density at radius 3 is 2.44 bits per heavy atom. The zero-order valence-electron chi connectivity index (χ0n) is 13.7. The Hall–Kier alpha value is -2.50. The molecule has 1 aliphatic rings. The Morgan fingerprint density at radius 1 is 1.08 bits per heavy atom. The van der Waals surface area contributed by atoms with Crippen molar-refractivity contribution in [1.82, 2.24) is 5.32 Å². The first-order chi connectivity index (χ1) is 11.9. The minimum Gasteiger partial charge on any atom is -0.298 e. The van der Waals surface area contributed by atoms with Crippen LogP contribution in [-0.2, 0) is 9.59 Å². The summed E-state index contributed by atoms with van der Waals surface area (Å²) in [5, 5.41) is 3.18. The van der Waals surface area contributed by atoms with Gasteiger partial charge in [-0.05, 0) is 67.5 Å². The van der Waals surface area contributed by atoms with Crippen LogP contribution in [0.3, 0.4) is 0 Å². The standard InChI is InChI=1S/C19H15ClN2O2S/c1-11-3-4-12(2)13(9-11)10-16-17(23)21-19(25)22(18(16)24)15-7-5-14(20)6-8-15/h3-10H,1-2H3,(H,21,23,25)/b16-10-. The number of hydrogen-bond acceptors (Lipinski definition) is 3. The first-order valence-corrected chi connectivity index (χ1v) is 8.40. The summed E-state index contributed by atoms with van der Waals surface area (Å²) in [5.41, 5.74) is 3.43. The summed E-state index contributed by atoms with van der Waals surface area (Å²) in [4.78, 5) is 26.5. The summed E-state index contributed by atoms with van der Waals surface area (Å²) in [7, 11) is 0. The minimum absolute atomic E-state index is 0.0391. The van der Waals surface area contributed by atoms with E-state index >= 15 is 0 Å². The van der Waals surface area contributed by atoms with Crippen LogP contribution in [0.4, 0.5) is 5.69 Å². The third-order valence-electron chi connectivity index (χ3n) is 3.92. The fourth-order valence-corrected chi connectivity index (χ4v) is 2.96. The molecule has 0 unspecified atom stereocenters. The molecule has 2 aromatic rings. The Balaban J connectivity index is 2.05. The van der Waals surface area contributed by atoms with E-state index in [4.69, 9.17) is 23.8 Å². The van der Waals surface area contributed by atoms with Gasteiger partial charge in [-0.2, -0.15) is 0 Å². The summed E-state index contributed by atoms with van der Waals surface area (Å²) >= 11 is 11.1. The number of amides is 2. The van der Waals surface area contributed by atoms with Crippen molar-refractivity contribution >= 4 is 52.5 Å². The van der Waals surface area contributed by atoms with Crippen LogP contribution in [0.5, 0.6) is 0 Å². The highest BCUT2D eigenvalue weighted by atomic mass is 35.5. The maximum Gasteiger partial charge on any atom is 0.270 e. The van der Waals surface area contributed by atoms with Crippen molar-refractivity contribution in [2.45, 2.75) is 13.8 Å². The molecule has 1 heterocycles. The van der Waals surface area contributed by atoms with Gasteiger partial charge in [0.25, 0.3) is 11.8 Å². The fraction of sp³-hybridized carbons (Fsp3) is 0.105. The molecule has 3 rings (SSSR count). The summed E-state index contributed by atoms with van der Waals surface area (Å²) in [6.07, 6.45) is 1.60. The zero-order valence-corrected chi connectivity index (χ0v) is 15.2. The first-order valence-electron chi connectivity index (χ1n) is 7.61. The number of carbonyl (C=O) groups excluding carboxylic acids is 2. The molecule has 1 saturated heterocycles. The van der Waals surface area contributed by atoms with E-state index in [1.165, 1.54) is 4.90 Å². The van der Waals surface area contributed by atoms with E-state index in [1.807, 2.05) is 32.0 Å². The molecule has 25 heavy (non-hydrogen) atoms. The Kier molecular flexibility index (Phi) is 4.70. The number of thiocarbonyl (C=S) groups is 1. The lowest BCUT2D eigenvalue weighted by atomic mass is 10.0. The van der Waals surface area contributed by atoms with Gasteiger partial charge in [-0.3, -0.25) is 19.8 Å². The van der Waals surface area contributed by atoms with Gasteiger partial charge in [0.15, 0.2) is 5.11 Å². The number of aryl methyl sites for hydroxylation is 2. The van der Waals surface area contributed by atoms with Gasteiger partial charge in [0.1, 0.15) is 5.57 Å². The minimum atomic E-state index is -0.499. The van der Waals surface area contributed by atoms with Crippen molar-refractivity contribution in [3.63, 3.8) is 0 Å². The van der Waals surface area contributed by atoms with Gasteiger partial charge in [-0.25, -0.2) is 0 Å². The summed E-state index contributed by atoms with van der Waals surface area (Å²) in [6, 6.07) is 12.6. The van der Waals surface area contributed by atoms with Crippen molar-refractivity contribution in [2.24, 2.45) is 0 Å². The SMILES string of the molecule is Cc1ccc(C)c(/C=C2/C(=O)NC(=S)N(c3ccc(Cl)cc3)C2=O)c1. The van der Waals surface area contributed by atoms with Crippen LogP contribution in [0, 0.1) is 13.8 Å². The van der Waals surface area contributed by atoms with Crippen LogP contribution < -0.4 is 10.2 Å². The highest BCUT2D eigenvalue weighted by molar-refractivity contribution is 7.80. The largest absolute Gasteiger partial charge is 0.298 e. The number of nitrogens with one attached hydrogen (secondary N) is 1. The summed E-state index contributed by atoms with van der Waals surface area (Å²) in [5.74, 6) is -0.960. The average Bonchev–Trinajstić information content (AvgIpc) is 2.56. The van der Waals surface area contributed by atoms with Gasteiger partial charge in [0, 0.05) is 5.02 Å². The number of rotatable bonds is 2. The van der Waals surface area contributed by atoms with Crippen molar-refractivity contribution < 1.29 is 9.59 Å². The molecule has 1 aliphatic heterocycles. The molecule has 2 aromatic carbocycles. The quantitative estimate of drug-likeness (QED) is 0.497. The molecule has 0 spiro atoms. The third-order valence-corrected chi connectivity index (χ3v) is 4.46. The molecular weight excluding hydrogens is 356 g/mol. The highest BCUT2D eigenvalue weighted by Crippen LogP contribution is 2.24. The van der Waals surface area contributed by atoms with Crippen molar-refractivity contribution in [3.05, 3.63) is 69.8 Å². The lowest BCUT2D eigenvalue weighted by Crippen LogP contribution is -2.54. The molecule has 0 radical (unpaired) electrons. The number of benzene rings is 2. The van der Waals surface area contributed by atoms with Gasteiger partial charge in [0.05, 0.1) is 5.69 Å². The Bertz CT molecular complexity index is 920. The van der Waals surface area contributed by atoms with Crippen LogP contribution in [0.2, 0.25) is 5.02 Å². The van der Waals surface area contributed by atoms with E-state index in [1.54, 1.807) is 30.3 Å². The molecule has 0 aromatic heterocycles. The van der Waals surface area contributed by atoms with Crippen LogP contribution in [0.15, 0.2) is 48.0 Å². The molecular formula is C19H15ClN2O2S. The van der Waals surface area contributed by atoms with E-state index in [0.29, 0.717) is 10.7 Å². The van der Waals surface area contributed by atoms with Gasteiger partial charge >= 0.3 is 0 Å². The molecule has 0 saturated carbocycles. The normalized spacial score (nSPS) is 16.4. The molecule has 0 aliphatic carbocycles. The lowest BCUT2D eigenvalue weighted by molar-refractivity contribution is -0.122. The number of anilines is 1. The van der Waals surface area contributed by atoms with Crippen LogP contribution in [-0.4, -0.2) is 16.9 Å². The van der Waals surface area contributed by atoms with Crippen LogP contribution >= 0.6 is 23.8 Å². The number of halogens is 1. The summed E-state index contributed by atoms with van der Waals surface area (Å²) < 4.78 is 0. The first kappa shape index (κ1) is 17.3. The smallest absolute Gasteiger partial charge is 0.270 e. The number of hydrogen-bond donors (Lipinski definition) is 1. The van der Waals surface area contributed by atoms with Crippen molar-refractivity contribution in [2.75, 3.05) is 4.90 Å². The number of carbonyl (C=O) groups is 2. The molecule has 6 heteroatoms. The van der Waals surface area contributed by atoms with Crippen molar-refractivity contribution in [3.8, 4) is 0 Å². The van der Waals surface area contributed by atoms with Gasteiger partial charge in [0.2, 0.25) is 0 Å². The maximum absolute atomic E-state index is 12.9. The molecule has 126 valence electrons. The monoisotopic (exact) mass is 370 g/mol. The van der Waals surface area contributed by atoms with E-state index < -0.39 is 11.8 Å². The summed E-state index contributed by atoms with van der Waals surface area (Å²) in [6.45, 7) is 3.89. The molecule has 0 bridgehead atoms. The topological polar surface area (TPSA) is 49.4 Å². The molecule has 2 amide bonds. The molecule has 0 atom stereocenters. The van der Waals surface area contributed by atoms with Gasteiger partial charge < -0.3 is 0 Å². The van der Waals surface area contributed by atoms with Gasteiger partial charge in [-0.15, -0.1) is 0 Å². The molecule has 1 N–H and O–H groups in total. The maximum atomic E-state index is 12.9. The Morgan fingerprint density at radius 2 is 1.76 bits per heavy atom. The third kappa shape index (κ3) is 3.48. The zero-order chi connectivity index (χ0) is 18.1. The number of nitrogens with zero attached hydrogens (tertiary/aromatic N) is 1.